The van der Waals surface area contributed by atoms with E-state index in [1.165, 1.54) is 6.07 Å². The van der Waals surface area contributed by atoms with Crippen molar-refractivity contribution < 1.29 is 4.79 Å². The van der Waals surface area contributed by atoms with Gasteiger partial charge in [0.05, 0.1) is 0 Å². The number of amides is 1. The van der Waals surface area contributed by atoms with Crippen LogP contribution in [0.4, 0.5) is 5.82 Å². The van der Waals surface area contributed by atoms with Gasteiger partial charge in [0.2, 0.25) is 0 Å². The van der Waals surface area contributed by atoms with Crippen molar-refractivity contribution in [2.75, 3.05) is 5.73 Å². The van der Waals surface area contributed by atoms with Crippen molar-refractivity contribution in [3.63, 3.8) is 0 Å². The summed E-state index contributed by atoms with van der Waals surface area (Å²) in [6.07, 6.45) is 0.910. The first-order valence-electron chi connectivity index (χ1n) is 5.16. The highest BCUT2D eigenvalue weighted by Crippen LogP contribution is 2.07. The van der Waals surface area contributed by atoms with Crippen LogP contribution in [0.2, 0.25) is 0 Å². The minimum absolute atomic E-state index is 0.153. The van der Waals surface area contributed by atoms with E-state index in [1.807, 2.05) is 6.92 Å². The lowest BCUT2D eigenvalue weighted by Crippen LogP contribution is -2.38. The standard InChI is InChI=1S/C10H18N4O/c1-4-7(6(2)3)12-10(15)8-5-9(11)14-13-8/h5-7H,4H2,1-3H3,(H,12,15)(H3,11,13,14). The number of carbonyl (C=O) groups excluding carboxylic acids is 1. The first-order chi connectivity index (χ1) is 7.04. The molecular weight excluding hydrogens is 192 g/mol. The van der Waals surface area contributed by atoms with E-state index in [1.54, 1.807) is 0 Å². The van der Waals surface area contributed by atoms with Crippen LogP contribution in [0.3, 0.4) is 0 Å². The molecule has 1 aromatic heterocycles. The van der Waals surface area contributed by atoms with Gasteiger partial charge in [-0.05, 0) is 12.3 Å². The fourth-order valence-electron chi connectivity index (χ4n) is 1.44. The Labute approximate surface area is 89.4 Å². The molecule has 0 fully saturated rings. The maximum Gasteiger partial charge on any atom is 0.269 e. The second-order valence-electron chi connectivity index (χ2n) is 3.94. The van der Waals surface area contributed by atoms with Gasteiger partial charge in [-0.3, -0.25) is 9.89 Å². The second kappa shape index (κ2) is 4.82. The molecule has 0 spiro atoms. The molecule has 0 aliphatic heterocycles. The van der Waals surface area contributed by atoms with Gasteiger partial charge in [-0.1, -0.05) is 20.8 Å². The first-order valence-corrected chi connectivity index (χ1v) is 5.16. The summed E-state index contributed by atoms with van der Waals surface area (Å²) < 4.78 is 0. The molecule has 5 heteroatoms. The first kappa shape index (κ1) is 11.6. The summed E-state index contributed by atoms with van der Waals surface area (Å²) >= 11 is 0. The smallest absolute Gasteiger partial charge is 0.269 e. The van der Waals surface area contributed by atoms with Crippen molar-refractivity contribution in [3.8, 4) is 0 Å². The maximum absolute atomic E-state index is 11.7. The van der Waals surface area contributed by atoms with Gasteiger partial charge in [0, 0.05) is 12.1 Å². The van der Waals surface area contributed by atoms with E-state index in [4.69, 9.17) is 5.73 Å². The van der Waals surface area contributed by atoms with E-state index in [0.29, 0.717) is 17.4 Å². The third-order valence-corrected chi connectivity index (χ3v) is 2.40. The maximum atomic E-state index is 11.7. The number of aromatic amines is 1. The quantitative estimate of drug-likeness (QED) is 0.697. The van der Waals surface area contributed by atoms with Gasteiger partial charge >= 0.3 is 0 Å². The molecule has 84 valence electrons. The number of rotatable bonds is 4. The second-order valence-corrected chi connectivity index (χ2v) is 3.94. The molecule has 4 N–H and O–H groups in total. The molecule has 1 rings (SSSR count). The van der Waals surface area contributed by atoms with Crippen LogP contribution in [0.1, 0.15) is 37.7 Å². The summed E-state index contributed by atoms with van der Waals surface area (Å²) in [6.45, 7) is 6.21. The van der Waals surface area contributed by atoms with E-state index in [0.717, 1.165) is 6.42 Å². The third-order valence-electron chi connectivity index (χ3n) is 2.40. The summed E-state index contributed by atoms with van der Waals surface area (Å²) in [5.41, 5.74) is 5.83. The van der Waals surface area contributed by atoms with Crippen LogP contribution in [0.5, 0.6) is 0 Å². The summed E-state index contributed by atoms with van der Waals surface area (Å²) in [5, 5.41) is 9.22. The van der Waals surface area contributed by atoms with Crippen molar-refractivity contribution in [2.24, 2.45) is 5.92 Å². The molecular formula is C10H18N4O. The van der Waals surface area contributed by atoms with Crippen molar-refractivity contribution >= 4 is 11.7 Å². The monoisotopic (exact) mass is 210 g/mol. The highest BCUT2D eigenvalue weighted by molar-refractivity contribution is 5.93. The van der Waals surface area contributed by atoms with Gasteiger partial charge in [0.25, 0.3) is 5.91 Å². The highest BCUT2D eigenvalue weighted by Gasteiger charge is 2.16. The van der Waals surface area contributed by atoms with E-state index in [9.17, 15) is 4.79 Å². The van der Waals surface area contributed by atoms with Crippen LogP contribution in [0.15, 0.2) is 6.07 Å². The molecule has 1 unspecified atom stereocenters. The summed E-state index contributed by atoms with van der Waals surface area (Å²) in [6, 6.07) is 1.71. The van der Waals surface area contributed by atoms with E-state index in [-0.39, 0.29) is 11.9 Å². The van der Waals surface area contributed by atoms with E-state index in [2.05, 4.69) is 29.4 Å². The number of hydrogen-bond acceptors (Lipinski definition) is 3. The number of H-pyrrole nitrogens is 1. The normalized spacial score (nSPS) is 12.8. The predicted molar refractivity (Wildman–Crippen MR) is 59.4 cm³/mol. The van der Waals surface area contributed by atoms with Gasteiger partial charge < -0.3 is 11.1 Å². The number of aromatic nitrogens is 2. The molecule has 1 heterocycles. The Morgan fingerprint density at radius 3 is 2.73 bits per heavy atom. The third kappa shape index (κ3) is 2.97. The highest BCUT2D eigenvalue weighted by atomic mass is 16.2. The van der Waals surface area contributed by atoms with Crippen LogP contribution in [-0.2, 0) is 0 Å². The lowest BCUT2D eigenvalue weighted by Gasteiger charge is -2.19. The van der Waals surface area contributed by atoms with Gasteiger partial charge in [0.1, 0.15) is 11.5 Å². The SMILES string of the molecule is CCC(NC(=O)c1cc(N)n[nH]1)C(C)C. The molecule has 0 aliphatic rings. The largest absolute Gasteiger partial charge is 0.382 e. The summed E-state index contributed by atoms with van der Waals surface area (Å²) in [4.78, 5) is 11.7. The Hall–Kier alpha value is -1.52. The lowest BCUT2D eigenvalue weighted by molar-refractivity contribution is 0.0919. The van der Waals surface area contributed by atoms with Gasteiger partial charge in [-0.25, -0.2) is 0 Å². The van der Waals surface area contributed by atoms with Crippen molar-refractivity contribution in [1.82, 2.24) is 15.5 Å². The Morgan fingerprint density at radius 1 is 1.67 bits per heavy atom. The molecule has 5 nitrogen and oxygen atoms in total. The topological polar surface area (TPSA) is 83.8 Å². The zero-order chi connectivity index (χ0) is 11.4. The number of anilines is 1. The predicted octanol–water partition coefficient (Wildman–Crippen LogP) is 1.16. The van der Waals surface area contributed by atoms with Crippen LogP contribution < -0.4 is 11.1 Å². The molecule has 0 bridgehead atoms. The molecule has 0 aromatic carbocycles. The number of nitrogens with zero attached hydrogens (tertiary/aromatic N) is 1. The average molecular weight is 210 g/mol. The minimum atomic E-state index is -0.153. The van der Waals surface area contributed by atoms with E-state index < -0.39 is 0 Å². The van der Waals surface area contributed by atoms with Crippen LogP contribution in [-0.4, -0.2) is 22.1 Å². The molecule has 1 atom stereocenters. The van der Waals surface area contributed by atoms with Crippen LogP contribution in [0.25, 0.3) is 0 Å². The molecule has 1 amide bonds. The zero-order valence-corrected chi connectivity index (χ0v) is 9.37. The number of nitrogens with two attached hydrogens (primary N) is 1. The Kier molecular flexibility index (Phi) is 3.71. The van der Waals surface area contributed by atoms with Gasteiger partial charge in [0.15, 0.2) is 0 Å². The fraction of sp³-hybridized carbons (Fsp3) is 0.600. The Balaban J connectivity index is 2.62. The fourth-order valence-corrected chi connectivity index (χ4v) is 1.44. The molecule has 1 aromatic rings. The van der Waals surface area contributed by atoms with Gasteiger partial charge in [-0.2, -0.15) is 5.10 Å². The number of carbonyl (C=O) groups is 1. The van der Waals surface area contributed by atoms with Crippen molar-refractivity contribution in [2.45, 2.75) is 33.2 Å². The Bertz CT molecular complexity index is 332. The van der Waals surface area contributed by atoms with Crippen molar-refractivity contribution in [1.29, 1.82) is 0 Å². The summed E-state index contributed by atoms with van der Waals surface area (Å²) in [5.74, 6) is 0.594. The molecule has 0 saturated heterocycles. The lowest BCUT2D eigenvalue weighted by atomic mass is 10.0. The molecule has 0 radical (unpaired) electrons. The van der Waals surface area contributed by atoms with Crippen LogP contribution in [0, 0.1) is 5.92 Å². The van der Waals surface area contributed by atoms with Crippen molar-refractivity contribution in [3.05, 3.63) is 11.8 Å². The molecule has 15 heavy (non-hydrogen) atoms. The zero-order valence-electron chi connectivity index (χ0n) is 9.37. The molecule has 0 aliphatic carbocycles. The average Bonchev–Trinajstić information content (AvgIpc) is 2.60. The number of nitrogen functional groups attached to an aromatic ring is 1. The Morgan fingerprint density at radius 2 is 2.33 bits per heavy atom. The number of hydrogen-bond donors (Lipinski definition) is 3. The van der Waals surface area contributed by atoms with Crippen LogP contribution >= 0.6 is 0 Å². The minimum Gasteiger partial charge on any atom is -0.382 e. The summed E-state index contributed by atoms with van der Waals surface area (Å²) in [7, 11) is 0. The van der Waals surface area contributed by atoms with E-state index >= 15 is 0 Å². The number of nitrogens with one attached hydrogen (secondary N) is 2. The molecule has 0 saturated carbocycles. The van der Waals surface area contributed by atoms with Gasteiger partial charge in [-0.15, -0.1) is 0 Å².